The first kappa shape index (κ1) is 36.3. The molecule has 0 spiro atoms. The van der Waals surface area contributed by atoms with Gasteiger partial charge in [-0.25, -0.2) is 9.97 Å². The van der Waals surface area contributed by atoms with E-state index in [9.17, 15) is 0 Å². The molecule has 0 aliphatic carbocycles. The highest BCUT2D eigenvalue weighted by Crippen LogP contribution is 2.38. The minimum atomic E-state index is -0.411. The molecular formula is C50H38BBrN4O2. The summed E-state index contributed by atoms with van der Waals surface area (Å²) in [4.78, 5) is 19.2. The van der Waals surface area contributed by atoms with Crippen molar-refractivity contribution in [2.45, 2.75) is 38.9 Å². The van der Waals surface area contributed by atoms with Crippen molar-refractivity contribution < 1.29 is 9.31 Å². The Kier molecular flexibility index (Phi) is 8.82. The lowest BCUT2D eigenvalue weighted by molar-refractivity contribution is 0.00578. The van der Waals surface area contributed by atoms with Gasteiger partial charge in [-0.1, -0.05) is 131 Å². The summed E-state index contributed by atoms with van der Waals surface area (Å²) >= 11 is 3.65. The second-order valence-electron chi connectivity index (χ2n) is 15.8. The number of aromatic nitrogens is 4. The fourth-order valence-corrected chi connectivity index (χ4v) is 8.43. The van der Waals surface area contributed by atoms with Crippen molar-refractivity contribution in [3.8, 4) is 22.5 Å². The van der Waals surface area contributed by atoms with Gasteiger partial charge in [0.15, 0.2) is 0 Å². The number of halogens is 1. The van der Waals surface area contributed by atoms with Gasteiger partial charge in [0.1, 0.15) is 0 Å². The predicted octanol–water partition coefficient (Wildman–Crippen LogP) is 12.3. The van der Waals surface area contributed by atoms with Crippen LogP contribution in [0.3, 0.4) is 0 Å². The monoisotopic (exact) mass is 816 g/mol. The molecule has 0 saturated carbocycles. The molecule has 0 bridgehead atoms. The third-order valence-corrected chi connectivity index (χ3v) is 12.4. The van der Waals surface area contributed by atoms with E-state index >= 15 is 0 Å². The number of hydrogen-bond acceptors (Lipinski definition) is 6. The first-order valence-corrected chi connectivity index (χ1v) is 20.3. The van der Waals surface area contributed by atoms with Gasteiger partial charge in [0.05, 0.1) is 44.7 Å². The Hall–Kier alpha value is -6.06. The van der Waals surface area contributed by atoms with Crippen LogP contribution in [-0.4, -0.2) is 38.3 Å². The fourth-order valence-electron chi connectivity index (χ4n) is 7.95. The highest BCUT2D eigenvalue weighted by Gasteiger charge is 2.52. The van der Waals surface area contributed by atoms with Crippen LogP contribution in [0.5, 0.6) is 0 Å². The number of benzene rings is 6. The standard InChI is InChI=1S/C28H25BN2O2.C22H13BrN2/c1-27(2)28(3,4)33-29(32-27)23-15-14-22(20-9-5-6-10-21(20)23)24-16-13-19-12-11-18-8-7-17-30-25(18)26(19)31-24;23-19-11-10-18(16-5-1-2-6-17(16)19)20-12-9-15-8-7-14-4-3-13-24-21(14)22(15)25-20/h5-17H,1-4H3;1-13H. The summed E-state index contributed by atoms with van der Waals surface area (Å²) in [7, 11) is -0.411. The Bertz CT molecular complexity index is 3230. The molecule has 58 heavy (non-hydrogen) atoms. The summed E-state index contributed by atoms with van der Waals surface area (Å²) in [5.74, 6) is 0. The maximum absolute atomic E-state index is 6.36. The lowest BCUT2D eigenvalue weighted by Gasteiger charge is -2.32. The molecule has 0 amide bonds. The fraction of sp³-hybridized carbons (Fsp3) is 0.120. The normalized spacial score (nSPS) is 14.7. The average Bonchev–Trinajstić information content (AvgIpc) is 3.48. The summed E-state index contributed by atoms with van der Waals surface area (Å²) < 4.78 is 13.8. The lowest BCUT2D eigenvalue weighted by Crippen LogP contribution is -2.41. The number of rotatable bonds is 3. The van der Waals surface area contributed by atoms with Crippen LogP contribution in [0.25, 0.3) is 87.7 Å². The van der Waals surface area contributed by atoms with Crippen molar-refractivity contribution in [3.63, 3.8) is 0 Å². The van der Waals surface area contributed by atoms with Crippen LogP contribution in [-0.2, 0) is 9.31 Å². The van der Waals surface area contributed by atoms with Gasteiger partial charge in [0.2, 0.25) is 0 Å². The maximum atomic E-state index is 6.36. The Morgan fingerprint density at radius 2 is 0.862 bits per heavy atom. The molecule has 6 nitrogen and oxygen atoms in total. The largest absolute Gasteiger partial charge is 0.495 e. The van der Waals surface area contributed by atoms with E-state index in [4.69, 9.17) is 19.3 Å². The number of hydrogen-bond donors (Lipinski definition) is 0. The molecule has 1 saturated heterocycles. The first-order chi connectivity index (χ1) is 28.1. The van der Waals surface area contributed by atoms with Crippen molar-refractivity contribution in [1.29, 1.82) is 0 Å². The van der Waals surface area contributed by atoms with Gasteiger partial charge in [0, 0.05) is 49.5 Å². The average molecular weight is 818 g/mol. The summed E-state index contributed by atoms with van der Waals surface area (Å²) in [5.41, 5.74) is 8.13. The highest BCUT2D eigenvalue weighted by atomic mass is 79.9. The Balaban J connectivity index is 0.000000146. The molecule has 8 heteroatoms. The summed E-state index contributed by atoms with van der Waals surface area (Å²) in [6.45, 7) is 8.34. The summed E-state index contributed by atoms with van der Waals surface area (Å²) in [6.07, 6.45) is 3.65. The van der Waals surface area contributed by atoms with Crippen molar-refractivity contribution in [3.05, 3.63) is 162 Å². The van der Waals surface area contributed by atoms with Gasteiger partial charge in [-0.2, -0.15) is 0 Å². The zero-order valence-corrected chi connectivity index (χ0v) is 34.2. The minimum absolute atomic E-state index is 0.384. The molecule has 10 aromatic rings. The molecule has 1 fully saturated rings. The van der Waals surface area contributed by atoms with E-state index in [2.05, 4.69) is 187 Å². The second kappa shape index (κ2) is 14.1. The van der Waals surface area contributed by atoms with Gasteiger partial charge >= 0.3 is 7.12 Å². The first-order valence-electron chi connectivity index (χ1n) is 19.5. The maximum Gasteiger partial charge on any atom is 0.495 e. The lowest BCUT2D eigenvalue weighted by atomic mass is 9.75. The molecule has 0 unspecified atom stereocenters. The molecule has 4 aromatic heterocycles. The third-order valence-electron chi connectivity index (χ3n) is 11.8. The van der Waals surface area contributed by atoms with Crippen LogP contribution < -0.4 is 5.46 Å². The van der Waals surface area contributed by atoms with E-state index in [-0.39, 0.29) is 11.2 Å². The molecule has 5 heterocycles. The zero-order valence-electron chi connectivity index (χ0n) is 32.6. The van der Waals surface area contributed by atoms with Crippen molar-refractivity contribution >= 4 is 93.7 Å². The number of pyridine rings is 4. The van der Waals surface area contributed by atoms with Gasteiger partial charge < -0.3 is 9.31 Å². The Morgan fingerprint density at radius 1 is 0.431 bits per heavy atom. The zero-order chi connectivity index (χ0) is 39.6. The van der Waals surface area contributed by atoms with Crippen molar-refractivity contribution in [2.24, 2.45) is 0 Å². The predicted molar refractivity (Wildman–Crippen MR) is 243 cm³/mol. The van der Waals surface area contributed by atoms with Crippen LogP contribution in [0, 0.1) is 0 Å². The highest BCUT2D eigenvalue weighted by molar-refractivity contribution is 9.10. The molecule has 6 aromatic carbocycles. The van der Waals surface area contributed by atoms with Crippen molar-refractivity contribution in [2.75, 3.05) is 0 Å². The van der Waals surface area contributed by atoms with E-state index in [0.29, 0.717) is 0 Å². The van der Waals surface area contributed by atoms with Crippen LogP contribution in [0.4, 0.5) is 0 Å². The Morgan fingerprint density at radius 3 is 1.40 bits per heavy atom. The molecule has 0 radical (unpaired) electrons. The molecule has 1 aliphatic rings. The topological polar surface area (TPSA) is 70.0 Å². The van der Waals surface area contributed by atoms with Gasteiger partial charge in [-0.05, 0) is 85.0 Å². The smallest absolute Gasteiger partial charge is 0.399 e. The van der Waals surface area contributed by atoms with E-state index in [1.165, 1.54) is 10.8 Å². The molecule has 0 atom stereocenters. The summed E-state index contributed by atoms with van der Waals surface area (Å²) in [6, 6.07) is 50.2. The second-order valence-corrected chi connectivity index (χ2v) is 16.6. The van der Waals surface area contributed by atoms with Crippen LogP contribution in [0.1, 0.15) is 27.7 Å². The molecule has 1 aliphatic heterocycles. The van der Waals surface area contributed by atoms with E-state index in [1.807, 2.05) is 24.5 Å². The van der Waals surface area contributed by atoms with Gasteiger partial charge in [0.25, 0.3) is 0 Å². The summed E-state index contributed by atoms with van der Waals surface area (Å²) in [5, 5.41) is 9.03. The molecule has 11 rings (SSSR count). The van der Waals surface area contributed by atoms with E-state index in [1.54, 1.807) is 0 Å². The number of nitrogens with zero attached hydrogens (tertiary/aromatic N) is 4. The van der Waals surface area contributed by atoms with Gasteiger partial charge in [-0.15, -0.1) is 0 Å². The van der Waals surface area contributed by atoms with Crippen LogP contribution >= 0.6 is 15.9 Å². The third kappa shape index (κ3) is 6.20. The van der Waals surface area contributed by atoms with E-state index in [0.717, 1.165) is 86.8 Å². The Labute approximate surface area is 345 Å². The van der Waals surface area contributed by atoms with Gasteiger partial charge in [-0.3, -0.25) is 9.97 Å². The number of fused-ring (bicyclic) bond motifs is 8. The quantitative estimate of drug-likeness (QED) is 0.131. The minimum Gasteiger partial charge on any atom is -0.399 e. The molecule has 0 N–H and O–H groups in total. The van der Waals surface area contributed by atoms with Crippen LogP contribution in [0.2, 0.25) is 0 Å². The molecular weight excluding hydrogens is 779 g/mol. The SMILES string of the molecule is Brc1ccc(-c2ccc3ccc4cccnc4c3n2)c2ccccc12.CC1(C)OB(c2ccc(-c3ccc4ccc5cccnc5c4n3)c3ccccc23)OC1(C)C. The van der Waals surface area contributed by atoms with E-state index < -0.39 is 7.12 Å². The van der Waals surface area contributed by atoms with Crippen LogP contribution in [0.15, 0.2) is 162 Å². The van der Waals surface area contributed by atoms with Crippen molar-refractivity contribution in [1.82, 2.24) is 19.9 Å². The molecule has 280 valence electrons.